The summed E-state index contributed by atoms with van der Waals surface area (Å²) in [4.78, 5) is 15.0. The number of hydrogen-bond donors (Lipinski definition) is 1. The molecular formula is C17H32N2O. The SMILES string of the molecule is CCCC1NC(C(C)C)C(=O)N1C1CC(C)CC(C)C1. The molecule has 0 aromatic carbocycles. The first-order valence-electron chi connectivity index (χ1n) is 8.52. The molecule has 0 spiro atoms. The quantitative estimate of drug-likeness (QED) is 0.856. The third-order valence-corrected chi connectivity index (χ3v) is 5.00. The van der Waals surface area contributed by atoms with Gasteiger partial charge in [0, 0.05) is 6.04 Å². The minimum Gasteiger partial charge on any atom is -0.323 e. The molecule has 1 saturated heterocycles. The first kappa shape index (κ1) is 15.8. The molecule has 1 aliphatic heterocycles. The molecule has 1 N–H and O–H groups in total. The van der Waals surface area contributed by atoms with Crippen molar-refractivity contribution in [2.45, 2.75) is 85.0 Å². The van der Waals surface area contributed by atoms with Gasteiger partial charge in [-0.3, -0.25) is 10.1 Å². The summed E-state index contributed by atoms with van der Waals surface area (Å²) in [5.74, 6) is 2.23. The molecule has 4 atom stereocenters. The number of nitrogens with zero attached hydrogens (tertiary/aromatic N) is 1. The van der Waals surface area contributed by atoms with Crippen molar-refractivity contribution in [1.82, 2.24) is 10.2 Å². The fourth-order valence-electron chi connectivity index (χ4n) is 4.21. The molecule has 1 amide bonds. The van der Waals surface area contributed by atoms with Gasteiger partial charge in [0.15, 0.2) is 0 Å². The maximum Gasteiger partial charge on any atom is 0.241 e. The van der Waals surface area contributed by atoms with Gasteiger partial charge in [0.05, 0.1) is 12.2 Å². The Morgan fingerprint density at radius 3 is 2.30 bits per heavy atom. The van der Waals surface area contributed by atoms with Crippen LogP contribution in [0.3, 0.4) is 0 Å². The van der Waals surface area contributed by atoms with E-state index in [2.05, 4.69) is 44.8 Å². The topological polar surface area (TPSA) is 32.3 Å². The van der Waals surface area contributed by atoms with Crippen LogP contribution in [0.1, 0.15) is 66.7 Å². The van der Waals surface area contributed by atoms with Crippen molar-refractivity contribution in [3.8, 4) is 0 Å². The van der Waals surface area contributed by atoms with Crippen LogP contribution < -0.4 is 5.32 Å². The Morgan fingerprint density at radius 1 is 1.20 bits per heavy atom. The van der Waals surface area contributed by atoms with Crippen LogP contribution in [-0.2, 0) is 4.79 Å². The third kappa shape index (κ3) is 3.19. The highest BCUT2D eigenvalue weighted by Gasteiger charge is 2.44. The van der Waals surface area contributed by atoms with E-state index in [0.717, 1.165) is 24.7 Å². The Balaban J connectivity index is 2.15. The maximum absolute atomic E-state index is 12.8. The number of hydrogen-bond acceptors (Lipinski definition) is 2. The number of nitrogens with one attached hydrogen (secondary N) is 1. The molecule has 3 nitrogen and oxygen atoms in total. The standard InChI is InChI=1S/C17H32N2O/c1-6-7-15-18-16(11(2)3)17(20)19(15)14-9-12(4)8-13(5)10-14/h11-16,18H,6-10H2,1-5H3. The molecule has 2 aliphatic rings. The monoisotopic (exact) mass is 280 g/mol. The highest BCUT2D eigenvalue weighted by atomic mass is 16.2. The summed E-state index contributed by atoms with van der Waals surface area (Å²) in [6.45, 7) is 11.2. The highest BCUT2D eigenvalue weighted by Crippen LogP contribution is 2.35. The molecule has 116 valence electrons. The molecule has 0 aromatic heterocycles. The number of amides is 1. The zero-order chi connectivity index (χ0) is 14.9. The molecule has 0 aromatic rings. The van der Waals surface area contributed by atoms with Crippen LogP contribution in [0, 0.1) is 17.8 Å². The molecule has 20 heavy (non-hydrogen) atoms. The predicted octanol–water partition coefficient (Wildman–Crippen LogP) is 3.39. The second kappa shape index (κ2) is 6.46. The Kier molecular flexibility index (Phi) is 5.11. The van der Waals surface area contributed by atoms with Crippen molar-refractivity contribution < 1.29 is 4.79 Å². The zero-order valence-electron chi connectivity index (χ0n) is 13.9. The van der Waals surface area contributed by atoms with E-state index in [1.807, 2.05) is 0 Å². The molecule has 2 fully saturated rings. The molecule has 1 saturated carbocycles. The van der Waals surface area contributed by atoms with Crippen LogP contribution in [0.5, 0.6) is 0 Å². The van der Waals surface area contributed by atoms with Gasteiger partial charge in [0.1, 0.15) is 0 Å². The van der Waals surface area contributed by atoms with Gasteiger partial charge in [-0.25, -0.2) is 0 Å². The lowest BCUT2D eigenvalue weighted by Crippen LogP contribution is -2.47. The zero-order valence-corrected chi connectivity index (χ0v) is 13.9. The summed E-state index contributed by atoms with van der Waals surface area (Å²) in [6.07, 6.45) is 6.16. The molecule has 2 rings (SSSR count). The third-order valence-electron chi connectivity index (χ3n) is 5.00. The minimum atomic E-state index is 0.0269. The first-order valence-corrected chi connectivity index (χ1v) is 8.52. The average Bonchev–Trinajstić information content (AvgIpc) is 2.65. The normalized spacial score (nSPS) is 38.8. The molecular weight excluding hydrogens is 248 g/mol. The summed E-state index contributed by atoms with van der Waals surface area (Å²) >= 11 is 0. The number of carbonyl (C=O) groups is 1. The van der Waals surface area contributed by atoms with Gasteiger partial charge >= 0.3 is 0 Å². The van der Waals surface area contributed by atoms with Crippen molar-refractivity contribution in [3.63, 3.8) is 0 Å². The highest BCUT2D eigenvalue weighted by molar-refractivity contribution is 5.85. The summed E-state index contributed by atoms with van der Waals surface area (Å²) in [7, 11) is 0. The maximum atomic E-state index is 12.8. The molecule has 1 aliphatic carbocycles. The van der Waals surface area contributed by atoms with E-state index >= 15 is 0 Å². The fourth-order valence-corrected chi connectivity index (χ4v) is 4.21. The Bertz CT molecular complexity index is 332. The second-order valence-corrected chi connectivity index (χ2v) is 7.51. The summed E-state index contributed by atoms with van der Waals surface area (Å²) in [5.41, 5.74) is 0. The lowest BCUT2D eigenvalue weighted by molar-refractivity contribution is -0.134. The van der Waals surface area contributed by atoms with Crippen LogP contribution in [0.2, 0.25) is 0 Å². The largest absolute Gasteiger partial charge is 0.323 e. The summed E-state index contributed by atoms with van der Waals surface area (Å²) in [6, 6.07) is 0.480. The lowest BCUT2D eigenvalue weighted by atomic mass is 9.79. The predicted molar refractivity (Wildman–Crippen MR) is 83.3 cm³/mol. The van der Waals surface area contributed by atoms with E-state index in [1.54, 1.807) is 0 Å². The van der Waals surface area contributed by atoms with Gasteiger partial charge in [-0.05, 0) is 43.4 Å². The van der Waals surface area contributed by atoms with Gasteiger partial charge in [0.2, 0.25) is 5.91 Å². The van der Waals surface area contributed by atoms with E-state index in [1.165, 1.54) is 19.3 Å². The smallest absolute Gasteiger partial charge is 0.241 e. The Labute approximate surface area is 124 Å². The van der Waals surface area contributed by atoms with Crippen LogP contribution in [-0.4, -0.2) is 29.1 Å². The van der Waals surface area contributed by atoms with Crippen LogP contribution >= 0.6 is 0 Å². The molecule has 0 bridgehead atoms. The average molecular weight is 280 g/mol. The van der Waals surface area contributed by atoms with Crippen LogP contribution in [0.25, 0.3) is 0 Å². The van der Waals surface area contributed by atoms with Crippen LogP contribution in [0.4, 0.5) is 0 Å². The van der Waals surface area contributed by atoms with Crippen molar-refractivity contribution in [2.24, 2.45) is 17.8 Å². The summed E-state index contributed by atoms with van der Waals surface area (Å²) in [5, 5.41) is 3.59. The Hall–Kier alpha value is -0.570. The minimum absolute atomic E-state index is 0.0269. The van der Waals surface area contributed by atoms with E-state index in [-0.39, 0.29) is 12.2 Å². The molecule has 4 unspecified atom stereocenters. The van der Waals surface area contributed by atoms with Gasteiger partial charge in [-0.15, -0.1) is 0 Å². The van der Waals surface area contributed by atoms with E-state index < -0.39 is 0 Å². The van der Waals surface area contributed by atoms with Crippen molar-refractivity contribution in [2.75, 3.05) is 0 Å². The lowest BCUT2D eigenvalue weighted by Gasteiger charge is -2.39. The first-order chi connectivity index (χ1) is 9.43. The molecule has 1 heterocycles. The molecule has 3 heteroatoms. The number of rotatable bonds is 4. The van der Waals surface area contributed by atoms with E-state index in [4.69, 9.17) is 0 Å². The number of carbonyl (C=O) groups excluding carboxylic acids is 1. The van der Waals surface area contributed by atoms with Gasteiger partial charge < -0.3 is 4.90 Å². The van der Waals surface area contributed by atoms with Gasteiger partial charge in [0.25, 0.3) is 0 Å². The molecule has 0 radical (unpaired) electrons. The second-order valence-electron chi connectivity index (χ2n) is 7.51. The van der Waals surface area contributed by atoms with Crippen molar-refractivity contribution in [1.29, 1.82) is 0 Å². The van der Waals surface area contributed by atoms with Gasteiger partial charge in [-0.1, -0.05) is 41.0 Å². The van der Waals surface area contributed by atoms with Crippen molar-refractivity contribution >= 4 is 5.91 Å². The Morgan fingerprint density at radius 2 is 1.80 bits per heavy atom. The van der Waals surface area contributed by atoms with Crippen molar-refractivity contribution in [3.05, 3.63) is 0 Å². The van der Waals surface area contributed by atoms with Gasteiger partial charge in [-0.2, -0.15) is 0 Å². The van der Waals surface area contributed by atoms with Crippen LogP contribution in [0.15, 0.2) is 0 Å². The van der Waals surface area contributed by atoms with E-state index in [9.17, 15) is 4.79 Å². The van der Waals surface area contributed by atoms with E-state index in [0.29, 0.717) is 17.9 Å². The summed E-state index contributed by atoms with van der Waals surface area (Å²) < 4.78 is 0. The fraction of sp³-hybridized carbons (Fsp3) is 0.941.